The van der Waals surface area contributed by atoms with Crippen LogP contribution in [-0.2, 0) is 25.7 Å². The van der Waals surface area contributed by atoms with Crippen molar-refractivity contribution in [3.05, 3.63) is 197 Å². The van der Waals surface area contributed by atoms with Crippen LogP contribution in [0.25, 0.3) is 11.2 Å². The summed E-state index contributed by atoms with van der Waals surface area (Å²) in [6, 6.07) is 53.0. The van der Waals surface area contributed by atoms with Crippen molar-refractivity contribution < 1.29 is 32.6 Å². The molecule has 3 atom stereocenters. The van der Waals surface area contributed by atoms with Crippen molar-refractivity contribution in [2.75, 3.05) is 31.5 Å². The lowest BCUT2D eigenvalue weighted by molar-refractivity contribution is -0.0376. The number of methoxy groups -OCH3 is 2. The highest BCUT2D eigenvalue weighted by atomic mass is 28.4. The quantitative estimate of drug-likeness (QED) is 0.0426. The Morgan fingerprint density at radius 3 is 1.78 bits per heavy atom. The van der Waals surface area contributed by atoms with E-state index < -0.39 is 34.5 Å². The Balaban J connectivity index is 1.27. The maximum atomic E-state index is 13.9. The number of ketones is 1. The molecular formula is C63H74N6O7Si2. The maximum Gasteiger partial charge on any atom is 0.247 e. The zero-order valence-electron chi connectivity index (χ0n) is 47.1. The van der Waals surface area contributed by atoms with Gasteiger partial charge in [0.1, 0.15) is 36.0 Å². The zero-order chi connectivity index (χ0) is 55.5. The third-order valence-electron chi connectivity index (χ3n) is 15.8. The largest absolute Gasteiger partial charge is 0.497 e. The van der Waals surface area contributed by atoms with Crippen LogP contribution >= 0.6 is 0 Å². The van der Waals surface area contributed by atoms with Gasteiger partial charge in [-0.15, -0.1) is 0 Å². The van der Waals surface area contributed by atoms with Gasteiger partial charge in [0.05, 0.1) is 26.9 Å². The molecule has 1 fully saturated rings. The van der Waals surface area contributed by atoms with Gasteiger partial charge in [-0.1, -0.05) is 169 Å². The highest BCUT2D eigenvalue weighted by Crippen LogP contribution is 2.46. The predicted molar refractivity (Wildman–Crippen MR) is 315 cm³/mol. The predicted octanol–water partition coefficient (Wildman–Crippen LogP) is 14.5. The maximum absolute atomic E-state index is 13.9. The molecule has 406 valence electrons. The summed E-state index contributed by atoms with van der Waals surface area (Å²) in [7, 11) is -1.30. The molecule has 1 aliphatic heterocycles. The molecule has 0 aliphatic carbocycles. The van der Waals surface area contributed by atoms with E-state index in [0.717, 1.165) is 22.3 Å². The molecule has 6 aromatic carbocycles. The number of rotatable bonds is 20. The average molecular weight is 1080 g/mol. The summed E-state index contributed by atoms with van der Waals surface area (Å²) in [5.74, 6) is 2.24. The third-order valence-corrected chi connectivity index (χ3v) is 24.8. The van der Waals surface area contributed by atoms with Gasteiger partial charge in [-0.3, -0.25) is 9.36 Å². The molecule has 13 nitrogen and oxygen atoms in total. The molecule has 0 amide bonds. The van der Waals surface area contributed by atoms with Crippen molar-refractivity contribution in [3.8, 4) is 17.4 Å². The summed E-state index contributed by atoms with van der Waals surface area (Å²) in [6.07, 6.45) is -0.967. The number of hydrogen-bond donors (Lipinski definition) is 2. The Bertz CT molecular complexity index is 3260. The molecule has 2 aromatic heterocycles. The smallest absolute Gasteiger partial charge is 0.247 e. The fraction of sp³-hybridized carbons (Fsp3) is 0.333. The van der Waals surface area contributed by atoms with Gasteiger partial charge in [0, 0.05) is 23.2 Å². The molecule has 0 spiro atoms. The van der Waals surface area contributed by atoms with Crippen molar-refractivity contribution in [1.82, 2.24) is 19.5 Å². The highest BCUT2D eigenvalue weighted by molar-refractivity contribution is 6.74. The number of carbonyl (C=O) groups is 1. The minimum absolute atomic E-state index is 0.0298. The molecule has 0 bridgehead atoms. The second-order valence-corrected chi connectivity index (χ2v) is 32.6. The monoisotopic (exact) mass is 1080 g/mol. The van der Waals surface area contributed by atoms with Crippen LogP contribution in [0, 0.1) is 0 Å². The van der Waals surface area contributed by atoms with E-state index in [4.69, 9.17) is 42.8 Å². The van der Waals surface area contributed by atoms with E-state index in [-0.39, 0.29) is 40.4 Å². The topological polar surface area (TPSA) is 140 Å². The Labute approximate surface area is 462 Å². The van der Waals surface area contributed by atoms with Crippen LogP contribution in [0.1, 0.15) is 92.4 Å². The van der Waals surface area contributed by atoms with Crippen molar-refractivity contribution in [2.24, 2.45) is 0 Å². The second kappa shape index (κ2) is 22.7. The SMILES string of the molecule is COc1ccc(C(Nc2nc(OCc3ccccc3)c3nc(Nc4cccc(C(=O)c5ccccc5)c4)n([C@H]4C[C@H](O[Si](C)(C)C(C)(C)C)[C@@H](CO[Si](C)(C)C(C)(C)C)O4)c3n2)(c2ccccc2)c2ccc(OC)cc2)cc1. The molecule has 2 N–H and O–H groups in total. The van der Waals surface area contributed by atoms with Crippen LogP contribution < -0.4 is 24.8 Å². The standard InChI is InChI=1S/C63H74N6O7Si2/c1-61(2,3)77(9,10)74-42-53-52(76-78(11,12)62(4,5)6)40-54(75-53)69-57-55(65-60(69)64-49-30-22-27-45(39-49)56(70)44-25-18-14-19-26-44)58(73-41-43-23-16-13-17-24-43)67-59(66-57)68-63(46-28-20-15-21-29-46,47-31-35-50(71-7)36-32-47)48-33-37-51(72-8)38-34-48/h13-39,52-54H,40-42H2,1-12H3,(H,64,65)(H,66,67,68)/t52-,53+,54+/m0/s1. The molecule has 15 heteroatoms. The second-order valence-electron chi connectivity index (χ2n) is 23.1. The molecule has 8 aromatic rings. The molecule has 9 rings (SSSR count). The van der Waals surface area contributed by atoms with Gasteiger partial charge in [0.2, 0.25) is 17.8 Å². The van der Waals surface area contributed by atoms with Gasteiger partial charge >= 0.3 is 0 Å². The van der Waals surface area contributed by atoms with Crippen LogP contribution in [0.3, 0.4) is 0 Å². The molecule has 0 saturated carbocycles. The van der Waals surface area contributed by atoms with Gasteiger partial charge in [0.25, 0.3) is 0 Å². The fourth-order valence-corrected chi connectivity index (χ4v) is 11.6. The first kappa shape index (κ1) is 55.6. The van der Waals surface area contributed by atoms with Gasteiger partial charge in [-0.2, -0.15) is 9.97 Å². The minimum Gasteiger partial charge on any atom is -0.497 e. The summed E-state index contributed by atoms with van der Waals surface area (Å²) in [5, 5.41) is 7.44. The Kier molecular flexibility index (Phi) is 16.2. The summed E-state index contributed by atoms with van der Waals surface area (Å²) in [5.41, 5.74) is 5.15. The lowest BCUT2D eigenvalue weighted by Crippen LogP contribution is -2.48. The van der Waals surface area contributed by atoms with Crippen molar-refractivity contribution >= 4 is 51.2 Å². The summed E-state index contributed by atoms with van der Waals surface area (Å²) in [6.45, 7) is 23.1. The molecular weight excluding hydrogens is 1010 g/mol. The van der Waals surface area contributed by atoms with E-state index in [1.54, 1.807) is 14.2 Å². The first-order valence-corrected chi connectivity index (χ1v) is 32.5. The average Bonchev–Trinajstić information content (AvgIpc) is 4.20. The Morgan fingerprint density at radius 1 is 0.654 bits per heavy atom. The molecule has 3 heterocycles. The van der Waals surface area contributed by atoms with Crippen LogP contribution in [0.4, 0.5) is 17.6 Å². The number of fused-ring (bicyclic) bond motifs is 1. The van der Waals surface area contributed by atoms with E-state index in [2.05, 4.69) is 115 Å². The number of benzene rings is 6. The first-order valence-electron chi connectivity index (χ1n) is 26.7. The number of aromatic nitrogens is 4. The Hall–Kier alpha value is -7.15. The van der Waals surface area contributed by atoms with E-state index in [1.165, 1.54) is 0 Å². The van der Waals surface area contributed by atoms with Crippen molar-refractivity contribution in [2.45, 2.75) is 115 Å². The van der Waals surface area contributed by atoms with E-state index in [0.29, 0.717) is 58.5 Å². The van der Waals surface area contributed by atoms with Crippen LogP contribution in [0.5, 0.6) is 17.4 Å². The highest BCUT2D eigenvalue weighted by Gasteiger charge is 2.48. The van der Waals surface area contributed by atoms with Crippen molar-refractivity contribution in [3.63, 3.8) is 0 Å². The Morgan fingerprint density at radius 2 is 1.21 bits per heavy atom. The zero-order valence-corrected chi connectivity index (χ0v) is 49.1. The van der Waals surface area contributed by atoms with Crippen LogP contribution in [0.2, 0.25) is 36.3 Å². The van der Waals surface area contributed by atoms with E-state index in [1.807, 2.05) is 132 Å². The summed E-state index contributed by atoms with van der Waals surface area (Å²) in [4.78, 5) is 30.1. The summed E-state index contributed by atoms with van der Waals surface area (Å²) < 4.78 is 41.9. The minimum atomic E-state index is -2.38. The first-order chi connectivity index (χ1) is 37.2. The lowest BCUT2D eigenvalue weighted by Gasteiger charge is -2.40. The molecule has 0 radical (unpaired) electrons. The lowest BCUT2D eigenvalue weighted by atomic mass is 9.77. The number of carbonyl (C=O) groups excluding carboxylic acids is 1. The van der Waals surface area contributed by atoms with Gasteiger partial charge in [-0.25, -0.2) is 4.98 Å². The normalized spacial score (nSPS) is 16.2. The summed E-state index contributed by atoms with van der Waals surface area (Å²) >= 11 is 0. The number of nitrogens with one attached hydrogen (secondary N) is 2. The number of hydrogen-bond acceptors (Lipinski definition) is 12. The van der Waals surface area contributed by atoms with Gasteiger partial charge in [-0.05, 0) is 94.9 Å². The van der Waals surface area contributed by atoms with Gasteiger partial charge < -0.3 is 38.4 Å². The van der Waals surface area contributed by atoms with Crippen LogP contribution in [-0.4, -0.2) is 75.0 Å². The fourth-order valence-electron chi connectivity index (χ4n) is 9.26. The molecule has 0 unspecified atom stereocenters. The van der Waals surface area contributed by atoms with E-state index in [9.17, 15) is 4.79 Å². The third kappa shape index (κ3) is 11.8. The van der Waals surface area contributed by atoms with Crippen molar-refractivity contribution in [1.29, 1.82) is 0 Å². The number of imidazole rings is 1. The number of anilines is 3. The van der Waals surface area contributed by atoms with E-state index >= 15 is 0 Å². The number of ether oxygens (including phenoxy) is 4. The number of nitrogens with zero attached hydrogens (tertiary/aromatic N) is 4. The van der Waals surface area contributed by atoms with Gasteiger partial charge in [0.15, 0.2) is 33.6 Å². The van der Waals surface area contributed by atoms with Crippen LogP contribution in [0.15, 0.2) is 164 Å². The molecule has 1 aliphatic rings. The molecule has 1 saturated heterocycles. The molecule has 78 heavy (non-hydrogen) atoms.